The van der Waals surface area contributed by atoms with Crippen molar-refractivity contribution >= 4 is 28.8 Å². The number of nitrogens with zero attached hydrogens (tertiary/aromatic N) is 3. The Balaban J connectivity index is 1.77. The molecule has 0 saturated carbocycles. The van der Waals surface area contributed by atoms with E-state index in [1.807, 2.05) is 12.1 Å². The summed E-state index contributed by atoms with van der Waals surface area (Å²) in [6, 6.07) is 8.06. The molecule has 1 atom stereocenters. The van der Waals surface area contributed by atoms with Crippen LogP contribution in [-0.2, 0) is 0 Å². The molecule has 1 N–H and O–H groups in total. The normalized spacial score (nSPS) is 17.4. The first-order valence-corrected chi connectivity index (χ1v) is 8.34. The number of hydrogen-bond acceptors (Lipinski definition) is 3. The van der Waals surface area contributed by atoms with Crippen LogP contribution in [-0.4, -0.2) is 27.2 Å². The molecule has 1 aromatic carbocycles. The van der Waals surface area contributed by atoms with Crippen LogP contribution >= 0.6 is 11.6 Å². The summed E-state index contributed by atoms with van der Waals surface area (Å²) in [7, 11) is 0. The number of halogens is 2. The van der Waals surface area contributed by atoms with Crippen molar-refractivity contribution in [1.29, 1.82) is 0 Å². The number of aromatic carboxylic acids is 1. The Morgan fingerprint density at radius 1 is 1.32 bits per heavy atom. The first-order valence-electron chi connectivity index (χ1n) is 7.97. The molecular formula is C18H15ClFN3O2. The third-order valence-electron chi connectivity index (χ3n) is 4.64. The summed E-state index contributed by atoms with van der Waals surface area (Å²) in [6.07, 6.45) is 4.89. The van der Waals surface area contributed by atoms with Crippen molar-refractivity contribution in [2.75, 3.05) is 11.4 Å². The number of carboxylic acids is 1. The fourth-order valence-electron chi connectivity index (χ4n) is 3.48. The Hall–Kier alpha value is -2.60. The molecule has 1 aliphatic rings. The first-order chi connectivity index (χ1) is 12.0. The van der Waals surface area contributed by atoms with E-state index < -0.39 is 5.97 Å². The quantitative estimate of drug-likeness (QED) is 0.762. The molecule has 0 aliphatic carbocycles. The van der Waals surface area contributed by atoms with E-state index in [2.05, 4.69) is 10.00 Å². The molecule has 1 saturated heterocycles. The maximum absolute atomic E-state index is 13.7. The van der Waals surface area contributed by atoms with Crippen molar-refractivity contribution in [3.63, 3.8) is 0 Å². The number of carboxylic acid groups (broad SMARTS) is 1. The highest BCUT2D eigenvalue weighted by molar-refractivity contribution is 6.31. The van der Waals surface area contributed by atoms with E-state index in [0.717, 1.165) is 30.6 Å². The van der Waals surface area contributed by atoms with Gasteiger partial charge >= 0.3 is 5.97 Å². The lowest BCUT2D eigenvalue weighted by molar-refractivity contribution is 0.0699. The van der Waals surface area contributed by atoms with Gasteiger partial charge in [-0.25, -0.2) is 13.7 Å². The van der Waals surface area contributed by atoms with E-state index in [4.69, 9.17) is 11.6 Å². The molecule has 0 amide bonds. The smallest absolute Gasteiger partial charge is 0.339 e. The number of anilines is 1. The molecule has 5 nitrogen and oxygen atoms in total. The standard InChI is InChI=1S/C18H15ClFN3O2/c19-15-4-3-11(20)8-13(15)16-2-1-6-22(16)12-5-7-23-17(9-12)14(10-21-23)18(24)25/h3-5,7-10,16H,1-2,6H2,(H,24,25). The second kappa shape index (κ2) is 6.04. The van der Waals surface area contributed by atoms with Gasteiger partial charge in [0.05, 0.1) is 17.8 Å². The third-order valence-corrected chi connectivity index (χ3v) is 4.98. The average molecular weight is 360 g/mol. The Labute approximate surface area is 148 Å². The van der Waals surface area contributed by atoms with Crippen LogP contribution in [0.25, 0.3) is 5.52 Å². The lowest BCUT2D eigenvalue weighted by atomic mass is 10.0. The fraction of sp³-hybridized carbons (Fsp3) is 0.222. The van der Waals surface area contributed by atoms with Gasteiger partial charge in [0.1, 0.15) is 11.4 Å². The maximum Gasteiger partial charge on any atom is 0.339 e. The highest BCUT2D eigenvalue weighted by Crippen LogP contribution is 2.39. The zero-order chi connectivity index (χ0) is 17.6. The fourth-order valence-corrected chi connectivity index (χ4v) is 3.73. The van der Waals surface area contributed by atoms with Gasteiger partial charge in [-0.3, -0.25) is 0 Å². The van der Waals surface area contributed by atoms with Crippen molar-refractivity contribution in [2.24, 2.45) is 0 Å². The summed E-state index contributed by atoms with van der Waals surface area (Å²) in [4.78, 5) is 13.5. The Morgan fingerprint density at radius 2 is 2.16 bits per heavy atom. The van der Waals surface area contributed by atoms with Gasteiger partial charge < -0.3 is 10.0 Å². The molecule has 7 heteroatoms. The van der Waals surface area contributed by atoms with Crippen molar-refractivity contribution in [3.05, 3.63) is 64.7 Å². The molecule has 3 heterocycles. The van der Waals surface area contributed by atoms with Crippen molar-refractivity contribution < 1.29 is 14.3 Å². The summed E-state index contributed by atoms with van der Waals surface area (Å²) >= 11 is 6.29. The van der Waals surface area contributed by atoms with Crippen LogP contribution in [0.4, 0.5) is 10.1 Å². The summed E-state index contributed by atoms with van der Waals surface area (Å²) in [6.45, 7) is 0.796. The van der Waals surface area contributed by atoms with Crippen molar-refractivity contribution in [2.45, 2.75) is 18.9 Å². The molecule has 1 unspecified atom stereocenters. The minimum atomic E-state index is -1.02. The number of rotatable bonds is 3. The second-order valence-electron chi connectivity index (χ2n) is 6.10. The predicted octanol–water partition coefficient (Wildman–Crippen LogP) is 4.17. The molecular weight excluding hydrogens is 345 g/mol. The van der Waals surface area contributed by atoms with Crippen LogP contribution < -0.4 is 4.90 Å². The number of aromatic nitrogens is 2. The van der Waals surface area contributed by atoms with Gasteiger partial charge in [-0.15, -0.1) is 0 Å². The van der Waals surface area contributed by atoms with E-state index in [1.165, 1.54) is 22.8 Å². The molecule has 3 aromatic rings. The summed E-state index contributed by atoms with van der Waals surface area (Å²) in [5, 5.41) is 13.9. The minimum absolute atomic E-state index is 0.0400. The second-order valence-corrected chi connectivity index (χ2v) is 6.50. The van der Waals surface area contributed by atoms with E-state index >= 15 is 0 Å². The zero-order valence-electron chi connectivity index (χ0n) is 13.2. The number of hydrogen-bond donors (Lipinski definition) is 1. The third kappa shape index (κ3) is 2.72. The van der Waals surface area contributed by atoms with Gasteiger partial charge in [-0.2, -0.15) is 5.10 Å². The molecule has 0 radical (unpaired) electrons. The van der Waals surface area contributed by atoms with Crippen molar-refractivity contribution in [3.8, 4) is 0 Å². The zero-order valence-corrected chi connectivity index (χ0v) is 13.9. The lowest BCUT2D eigenvalue weighted by Crippen LogP contribution is -2.23. The molecule has 128 valence electrons. The van der Waals surface area contributed by atoms with Crippen LogP contribution in [0, 0.1) is 5.82 Å². The Bertz CT molecular complexity index is 972. The molecule has 2 aromatic heterocycles. The number of fused-ring (bicyclic) bond motifs is 1. The highest BCUT2D eigenvalue weighted by Gasteiger charge is 2.28. The summed E-state index contributed by atoms with van der Waals surface area (Å²) in [5.41, 5.74) is 2.31. The molecule has 0 spiro atoms. The lowest BCUT2D eigenvalue weighted by Gasteiger charge is -2.28. The van der Waals surface area contributed by atoms with Gasteiger partial charge in [0.25, 0.3) is 0 Å². The minimum Gasteiger partial charge on any atom is -0.478 e. The monoisotopic (exact) mass is 359 g/mol. The first kappa shape index (κ1) is 15.9. The average Bonchev–Trinajstić information content (AvgIpc) is 3.22. The van der Waals surface area contributed by atoms with E-state index in [0.29, 0.717) is 10.5 Å². The summed E-state index contributed by atoms with van der Waals surface area (Å²) in [5.74, 6) is -1.33. The topological polar surface area (TPSA) is 57.8 Å². The summed E-state index contributed by atoms with van der Waals surface area (Å²) < 4.78 is 15.2. The van der Waals surface area contributed by atoms with Crippen LogP contribution in [0.15, 0.2) is 42.7 Å². The number of pyridine rings is 1. The van der Waals surface area contributed by atoms with Gasteiger partial charge in [-0.05, 0) is 48.7 Å². The SMILES string of the molecule is O=C(O)c1cnn2ccc(N3CCCC3c3cc(F)ccc3Cl)cc12. The van der Waals surface area contributed by atoms with Gasteiger partial charge in [0, 0.05) is 23.5 Å². The highest BCUT2D eigenvalue weighted by atomic mass is 35.5. The largest absolute Gasteiger partial charge is 0.478 e. The van der Waals surface area contributed by atoms with Gasteiger partial charge in [-0.1, -0.05) is 11.6 Å². The van der Waals surface area contributed by atoms with Crippen LogP contribution in [0.2, 0.25) is 5.02 Å². The van der Waals surface area contributed by atoms with E-state index in [9.17, 15) is 14.3 Å². The Morgan fingerprint density at radius 3 is 2.96 bits per heavy atom. The molecule has 4 rings (SSSR count). The maximum atomic E-state index is 13.7. The number of benzene rings is 1. The Kier molecular flexibility index (Phi) is 3.84. The van der Waals surface area contributed by atoms with Crippen molar-refractivity contribution in [1.82, 2.24) is 9.61 Å². The molecule has 1 aliphatic heterocycles. The predicted molar refractivity (Wildman–Crippen MR) is 92.9 cm³/mol. The van der Waals surface area contributed by atoms with Crippen LogP contribution in [0.3, 0.4) is 0 Å². The van der Waals surface area contributed by atoms with Gasteiger partial charge in [0.15, 0.2) is 0 Å². The molecule has 25 heavy (non-hydrogen) atoms. The van der Waals surface area contributed by atoms with Crippen LogP contribution in [0.5, 0.6) is 0 Å². The number of carbonyl (C=O) groups is 1. The van der Waals surface area contributed by atoms with E-state index in [-0.39, 0.29) is 17.4 Å². The van der Waals surface area contributed by atoms with Gasteiger partial charge in [0.2, 0.25) is 0 Å². The van der Waals surface area contributed by atoms with E-state index in [1.54, 1.807) is 12.3 Å². The molecule has 0 bridgehead atoms. The molecule has 1 fully saturated rings. The van der Waals surface area contributed by atoms with Crippen LogP contribution in [0.1, 0.15) is 34.8 Å².